The lowest BCUT2D eigenvalue weighted by Crippen LogP contribution is -2.42. The van der Waals surface area contributed by atoms with Crippen molar-refractivity contribution in [3.8, 4) is 0 Å². The number of rotatable bonds is 2. The van der Waals surface area contributed by atoms with Crippen LogP contribution in [-0.4, -0.2) is 48.8 Å². The molecule has 0 bridgehead atoms. The fourth-order valence-corrected chi connectivity index (χ4v) is 2.90. The van der Waals surface area contributed by atoms with E-state index in [0.29, 0.717) is 18.7 Å². The van der Waals surface area contributed by atoms with E-state index in [4.69, 9.17) is 0 Å². The zero-order valence-corrected chi connectivity index (χ0v) is 14.3. The van der Waals surface area contributed by atoms with Gasteiger partial charge >= 0.3 is 0 Å². The minimum Gasteiger partial charge on any atom is -0.349 e. The first-order valence-corrected chi connectivity index (χ1v) is 7.96. The molecule has 0 unspecified atom stereocenters. The first-order valence-electron chi connectivity index (χ1n) is 7.16. The van der Waals surface area contributed by atoms with E-state index in [1.807, 2.05) is 30.0 Å². The zero-order valence-electron chi connectivity index (χ0n) is 12.7. The van der Waals surface area contributed by atoms with Crippen molar-refractivity contribution in [3.05, 3.63) is 33.8 Å². The third-order valence-corrected chi connectivity index (χ3v) is 4.87. The Balaban J connectivity index is 2.00. The number of halogens is 1. The van der Waals surface area contributed by atoms with E-state index in [9.17, 15) is 9.59 Å². The Kier molecular flexibility index (Phi) is 5.04. The van der Waals surface area contributed by atoms with Crippen LogP contribution in [0.2, 0.25) is 0 Å². The van der Waals surface area contributed by atoms with Gasteiger partial charge in [0.15, 0.2) is 0 Å². The second kappa shape index (κ2) is 6.60. The van der Waals surface area contributed by atoms with Gasteiger partial charge in [-0.3, -0.25) is 9.59 Å². The van der Waals surface area contributed by atoms with Gasteiger partial charge in [-0.15, -0.1) is 0 Å². The molecule has 4 nitrogen and oxygen atoms in total. The molecule has 1 aliphatic heterocycles. The molecule has 21 heavy (non-hydrogen) atoms. The quantitative estimate of drug-likeness (QED) is 0.820. The average Bonchev–Trinajstić information content (AvgIpc) is 2.48. The van der Waals surface area contributed by atoms with Crippen LogP contribution in [0.1, 0.15) is 28.8 Å². The summed E-state index contributed by atoms with van der Waals surface area (Å²) in [7, 11) is 3.56. The fourth-order valence-electron chi connectivity index (χ4n) is 2.65. The summed E-state index contributed by atoms with van der Waals surface area (Å²) in [6.45, 7) is 3.28. The number of carbonyl (C=O) groups excluding carboxylic acids is 2. The number of likely N-dealkylation sites (tertiary alicyclic amines) is 1. The van der Waals surface area contributed by atoms with Crippen LogP contribution >= 0.6 is 15.9 Å². The van der Waals surface area contributed by atoms with Crippen LogP contribution in [-0.2, 0) is 4.79 Å². The van der Waals surface area contributed by atoms with Crippen molar-refractivity contribution < 1.29 is 9.59 Å². The summed E-state index contributed by atoms with van der Waals surface area (Å²) in [5.74, 6) is 0.277. The molecular weight excluding hydrogens is 332 g/mol. The predicted molar refractivity (Wildman–Crippen MR) is 86.2 cm³/mol. The lowest BCUT2D eigenvalue weighted by atomic mass is 9.95. The van der Waals surface area contributed by atoms with Crippen LogP contribution in [0.25, 0.3) is 0 Å². The highest BCUT2D eigenvalue weighted by Crippen LogP contribution is 2.22. The first kappa shape index (κ1) is 16.0. The van der Waals surface area contributed by atoms with Crippen LogP contribution in [0.3, 0.4) is 0 Å². The Morgan fingerprint density at radius 1 is 1.24 bits per heavy atom. The van der Waals surface area contributed by atoms with Gasteiger partial charge in [0, 0.05) is 43.1 Å². The van der Waals surface area contributed by atoms with Crippen LogP contribution in [0.5, 0.6) is 0 Å². The van der Waals surface area contributed by atoms with E-state index in [1.165, 1.54) is 0 Å². The normalized spacial score (nSPS) is 15.9. The van der Waals surface area contributed by atoms with Gasteiger partial charge in [0.05, 0.1) is 0 Å². The van der Waals surface area contributed by atoms with Crippen molar-refractivity contribution >= 4 is 27.7 Å². The van der Waals surface area contributed by atoms with Crippen molar-refractivity contribution in [1.29, 1.82) is 0 Å². The summed E-state index contributed by atoms with van der Waals surface area (Å²) in [4.78, 5) is 27.9. The zero-order chi connectivity index (χ0) is 15.6. The lowest BCUT2D eigenvalue weighted by Gasteiger charge is -2.32. The van der Waals surface area contributed by atoms with Gasteiger partial charge < -0.3 is 9.80 Å². The molecule has 114 valence electrons. The van der Waals surface area contributed by atoms with E-state index in [1.54, 1.807) is 19.0 Å². The second-order valence-corrected chi connectivity index (χ2v) is 6.62. The van der Waals surface area contributed by atoms with Gasteiger partial charge in [-0.05, 0) is 43.5 Å². The molecule has 2 rings (SSSR count). The number of hydrogen-bond donors (Lipinski definition) is 0. The van der Waals surface area contributed by atoms with Gasteiger partial charge in [-0.25, -0.2) is 0 Å². The number of benzene rings is 1. The van der Waals surface area contributed by atoms with Crippen molar-refractivity contribution in [2.75, 3.05) is 27.2 Å². The van der Waals surface area contributed by atoms with Crippen molar-refractivity contribution in [2.24, 2.45) is 5.92 Å². The topological polar surface area (TPSA) is 40.6 Å². The monoisotopic (exact) mass is 352 g/mol. The highest BCUT2D eigenvalue weighted by Gasteiger charge is 2.28. The van der Waals surface area contributed by atoms with Crippen molar-refractivity contribution in [3.63, 3.8) is 0 Å². The lowest BCUT2D eigenvalue weighted by molar-refractivity contribution is -0.134. The maximum Gasteiger partial charge on any atom is 0.253 e. The largest absolute Gasteiger partial charge is 0.349 e. The number of nitrogens with zero attached hydrogens (tertiary/aromatic N) is 2. The van der Waals surface area contributed by atoms with Crippen LogP contribution in [0.15, 0.2) is 22.7 Å². The Bertz CT molecular complexity index is 549. The molecule has 1 aromatic rings. The summed E-state index contributed by atoms with van der Waals surface area (Å²) in [5, 5.41) is 0. The molecule has 1 fully saturated rings. The van der Waals surface area contributed by atoms with Crippen LogP contribution in [0, 0.1) is 12.8 Å². The van der Waals surface area contributed by atoms with E-state index < -0.39 is 0 Å². The van der Waals surface area contributed by atoms with E-state index in [2.05, 4.69) is 15.9 Å². The Hall–Kier alpha value is -1.36. The van der Waals surface area contributed by atoms with E-state index in [-0.39, 0.29) is 17.7 Å². The van der Waals surface area contributed by atoms with Crippen LogP contribution in [0.4, 0.5) is 0 Å². The molecular formula is C16H21BrN2O2. The third kappa shape index (κ3) is 3.64. The summed E-state index contributed by atoms with van der Waals surface area (Å²) in [5.41, 5.74) is 1.77. The van der Waals surface area contributed by atoms with E-state index >= 15 is 0 Å². The number of amides is 2. The summed E-state index contributed by atoms with van der Waals surface area (Å²) in [6.07, 6.45) is 1.50. The maximum atomic E-state index is 12.5. The summed E-state index contributed by atoms with van der Waals surface area (Å²) >= 11 is 3.44. The van der Waals surface area contributed by atoms with Gasteiger partial charge in [0.25, 0.3) is 5.91 Å². The molecule has 0 atom stereocenters. The number of piperidine rings is 1. The van der Waals surface area contributed by atoms with E-state index in [0.717, 1.165) is 22.9 Å². The summed E-state index contributed by atoms with van der Waals surface area (Å²) < 4.78 is 1.01. The highest BCUT2D eigenvalue weighted by molar-refractivity contribution is 9.10. The molecule has 1 heterocycles. The number of hydrogen-bond acceptors (Lipinski definition) is 2. The highest BCUT2D eigenvalue weighted by atomic mass is 79.9. The Morgan fingerprint density at radius 3 is 2.38 bits per heavy atom. The van der Waals surface area contributed by atoms with Crippen molar-refractivity contribution in [2.45, 2.75) is 19.8 Å². The van der Waals surface area contributed by atoms with Gasteiger partial charge in [0.1, 0.15) is 0 Å². The molecule has 5 heteroatoms. The molecule has 0 saturated carbocycles. The fraction of sp³-hybridized carbons (Fsp3) is 0.500. The summed E-state index contributed by atoms with van der Waals surface area (Å²) in [6, 6.07) is 5.66. The van der Waals surface area contributed by atoms with Gasteiger partial charge in [-0.2, -0.15) is 0 Å². The minimum atomic E-state index is 0.0516. The number of carbonyl (C=O) groups is 2. The molecule has 0 radical (unpaired) electrons. The maximum absolute atomic E-state index is 12.5. The third-order valence-electron chi connectivity index (χ3n) is 3.98. The Morgan fingerprint density at radius 2 is 1.86 bits per heavy atom. The molecule has 1 aliphatic rings. The SMILES string of the molecule is Cc1cc(C(=O)N2CCC(C(=O)N(C)C)CC2)ccc1Br. The minimum absolute atomic E-state index is 0.0516. The Labute approximate surface area is 134 Å². The molecule has 1 aromatic carbocycles. The molecule has 0 spiro atoms. The van der Waals surface area contributed by atoms with Gasteiger partial charge in [-0.1, -0.05) is 15.9 Å². The smallest absolute Gasteiger partial charge is 0.253 e. The van der Waals surface area contributed by atoms with Gasteiger partial charge in [0.2, 0.25) is 5.91 Å². The molecule has 1 saturated heterocycles. The van der Waals surface area contributed by atoms with Crippen LogP contribution < -0.4 is 0 Å². The predicted octanol–water partition coefficient (Wildman–Crippen LogP) is 2.70. The molecule has 0 N–H and O–H groups in total. The molecule has 0 aromatic heterocycles. The number of aryl methyl sites for hydroxylation is 1. The van der Waals surface area contributed by atoms with Crippen molar-refractivity contribution in [1.82, 2.24) is 9.80 Å². The standard InChI is InChI=1S/C16H21BrN2O2/c1-11-10-13(4-5-14(11)17)16(21)19-8-6-12(7-9-19)15(20)18(2)3/h4-5,10,12H,6-9H2,1-3H3. The molecule has 0 aliphatic carbocycles. The molecule has 2 amide bonds. The first-order chi connectivity index (χ1) is 9.90. The second-order valence-electron chi connectivity index (χ2n) is 5.76. The average molecular weight is 353 g/mol.